The Kier molecular flexibility index (Phi) is 2.64. The fourth-order valence-electron chi connectivity index (χ4n) is 0.954. The molecule has 0 atom stereocenters. The summed E-state index contributed by atoms with van der Waals surface area (Å²) >= 11 is 0. The summed E-state index contributed by atoms with van der Waals surface area (Å²) < 4.78 is 0. The highest BCUT2D eigenvalue weighted by Gasteiger charge is 1.97. The highest BCUT2D eigenvalue weighted by atomic mass is 16.3. The molecule has 62 valence electrons. The van der Waals surface area contributed by atoms with Crippen LogP contribution >= 0.6 is 0 Å². The standard InChI is InChI=1S/C10H10O2/c1-2-3-9-5-4-8(7-11)6-10(9)12/h2-7,12H,1H3. The number of aromatic hydroxyl groups is 1. The molecule has 2 heteroatoms. The van der Waals surface area contributed by atoms with Crippen LogP contribution in [-0.4, -0.2) is 11.4 Å². The lowest BCUT2D eigenvalue weighted by atomic mass is 10.1. The van der Waals surface area contributed by atoms with Crippen molar-refractivity contribution in [1.82, 2.24) is 0 Å². The Labute approximate surface area is 71.2 Å². The summed E-state index contributed by atoms with van der Waals surface area (Å²) in [5, 5.41) is 9.34. The molecule has 0 radical (unpaired) electrons. The van der Waals surface area contributed by atoms with Gasteiger partial charge in [0.15, 0.2) is 0 Å². The zero-order valence-electron chi connectivity index (χ0n) is 6.82. The molecular formula is C10H10O2. The minimum absolute atomic E-state index is 0.137. The molecule has 1 rings (SSSR count). The van der Waals surface area contributed by atoms with E-state index in [0.717, 1.165) is 5.56 Å². The Morgan fingerprint density at radius 1 is 1.42 bits per heavy atom. The number of benzene rings is 1. The van der Waals surface area contributed by atoms with Crippen LogP contribution in [0.25, 0.3) is 6.08 Å². The molecule has 0 heterocycles. The molecule has 0 saturated carbocycles. The molecule has 0 amide bonds. The predicted octanol–water partition coefficient (Wildman–Crippen LogP) is 2.24. The molecular weight excluding hydrogens is 152 g/mol. The molecule has 12 heavy (non-hydrogen) atoms. The maximum absolute atomic E-state index is 10.3. The molecule has 0 unspecified atom stereocenters. The first-order chi connectivity index (χ1) is 5.77. The average molecular weight is 162 g/mol. The highest BCUT2D eigenvalue weighted by Crippen LogP contribution is 2.19. The van der Waals surface area contributed by atoms with Crippen molar-refractivity contribution < 1.29 is 9.90 Å². The van der Waals surface area contributed by atoms with Crippen molar-refractivity contribution in [3.63, 3.8) is 0 Å². The summed E-state index contributed by atoms with van der Waals surface area (Å²) in [6.07, 6.45) is 4.32. The van der Waals surface area contributed by atoms with Gasteiger partial charge in [-0.15, -0.1) is 0 Å². The maximum atomic E-state index is 10.3. The SMILES string of the molecule is CC=Cc1ccc(C=O)cc1O. The fourth-order valence-corrected chi connectivity index (χ4v) is 0.954. The third kappa shape index (κ3) is 1.72. The molecule has 0 aliphatic rings. The Morgan fingerprint density at radius 2 is 2.17 bits per heavy atom. The van der Waals surface area contributed by atoms with Gasteiger partial charge in [0.05, 0.1) is 0 Å². The van der Waals surface area contributed by atoms with Gasteiger partial charge in [0, 0.05) is 11.1 Å². The van der Waals surface area contributed by atoms with E-state index in [1.165, 1.54) is 6.07 Å². The van der Waals surface area contributed by atoms with Gasteiger partial charge < -0.3 is 5.11 Å². The topological polar surface area (TPSA) is 37.3 Å². The number of carbonyl (C=O) groups excluding carboxylic acids is 1. The zero-order chi connectivity index (χ0) is 8.97. The van der Waals surface area contributed by atoms with Gasteiger partial charge in [0.25, 0.3) is 0 Å². The largest absolute Gasteiger partial charge is 0.507 e. The summed E-state index contributed by atoms with van der Waals surface area (Å²) in [5.74, 6) is 0.137. The fraction of sp³-hybridized carbons (Fsp3) is 0.100. The van der Waals surface area contributed by atoms with Gasteiger partial charge in [-0.1, -0.05) is 24.3 Å². The van der Waals surface area contributed by atoms with Gasteiger partial charge in [-0.3, -0.25) is 4.79 Å². The van der Waals surface area contributed by atoms with Gasteiger partial charge in [0.1, 0.15) is 12.0 Å². The lowest BCUT2D eigenvalue weighted by Gasteiger charge is -1.98. The number of aldehydes is 1. The zero-order valence-corrected chi connectivity index (χ0v) is 6.82. The van der Waals surface area contributed by atoms with Gasteiger partial charge in [-0.25, -0.2) is 0 Å². The van der Waals surface area contributed by atoms with Gasteiger partial charge in [-0.2, -0.15) is 0 Å². The number of hydrogen-bond acceptors (Lipinski definition) is 2. The molecule has 0 fully saturated rings. The highest BCUT2D eigenvalue weighted by molar-refractivity contribution is 5.77. The number of rotatable bonds is 2. The van der Waals surface area contributed by atoms with Crippen molar-refractivity contribution >= 4 is 12.4 Å². The van der Waals surface area contributed by atoms with Gasteiger partial charge >= 0.3 is 0 Å². The monoisotopic (exact) mass is 162 g/mol. The number of allylic oxidation sites excluding steroid dienone is 1. The van der Waals surface area contributed by atoms with E-state index >= 15 is 0 Å². The molecule has 0 aliphatic heterocycles. The van der Waals surface area contributed by atoms with Crippen molar-refractivity contribution in [3.05, 3.63) is 35.4 Å². The van der Waals surface area contributed by atoms with E-state index in [9.17, 15) is 9.90 Å². The van der Waals surface area contributed by atoms with Gasteiger partial charge in [0.2, 0.25) is 0 Å². The molecule has 0 bridgehead atoms. The van der Waals surface area contributed by atoms with Crippen molar-refractivity contribution in [1.29, 1.82) is 0 Å². The molecule has 1 aromatic carbocycles. The van der Waals surface area contributed by atoms with Crippen LogP contribution in [0, 0.1) is 0 Å². The minimum Gasteiger partial charge on any atom is -0.507 e. The Hall–Kier alpha value is -1.57. The lowest BCUT2D eigenvalue weighted by Crippen LogP contribution is -1.80. The molecule has 1 aromatic rings. The van der Waals surface area contributed by atoms with Crippen molar-refractivity contribution in [3.8, 4) is 5.75 Å². The second-order valence-electron chi connectivity index (χ2n) is 2.44. The van der Waals surface area contributed by atoms with Crippen LogP contribution in [0.3, 0.4) is 0 Å². The van der Waals surface area contributed by atoms with E-state index in [2.05, 4.69) is 0 Å². The summed E-state index contributed by atoms with van der Waals surface area (Å²) in [7, 11) is 0. The molecule has 0 saturated heterocycles. The third-order valence-corrected chi connectivity index (χ3v) is 1.54. The Morgan fingerprint density at radius 3 is 2.67 bits per heavy atom. The first-order valence-electron chi connectivity index (χ1n) is 3.69. The predicted molar refractivity (Wildman–Crippen MR) is 48.2 cm³/mol. The second-order valence-corrected chi connectivity index (χ2v) is 2.44. The quantitative estimate of drug-likeness (QED) is 0.677. The van der Waals surface area contributed by atoms with Crippen LogP contribution in [0.15, 0.2) is 24.3 Å². The maximum Gasteiger partial charge on any atom is 0.150 e. The molecule has 1 N–H and O–H groups in total. The minimum atomic E-state index is 0.137. The number of hydrogen-bond donors (Lipinski definition) is 1. The van der Waals surface area contributed by atoms with E-state index < -0.39 is 0 Å². The van der Waals surface area contributed by atoms with Crippen molar-refractivity contribution in [2.45, 2.75) is 6.92 Å². The summed E-state index contributed by atoms with van der Waals surface area (Å²) in [6.45, 7) is 1.87. The van der Waals surface area contributed by atoms with E-state index in [1.807, 2.05) is 13.0 Å². The third-order valence-electron chi connectivity index (χ3n) is 1.54. The molecule has 0 aliphatic carbocycles. The average Bonchev–Trinajstić information content (AvgIpc) is 2.09. The smallest absolute Gasteiger partial charge is 0.150 e. The normalized spacial score (nSPS) is 10.4. The van der Waals surface area contributed by atoms with E-state index in [4.69, 9.17) is 0 Å². The van der Waals surface area contributed by atoms with Crippen LogP contribution < -0.4 is 0 Å². The summed E-state index contributed by atoms with van der Waals surface area (Å²) in [6, 6.07) is 4.82. The van der Waals surface area contributed by atoms with E-state index in [-0.39, 0.29) is 5.75 Å². The summed E-state index contributed by atoms with van der Waals surface area (Å²) in [5.41, 5.74) is 1.21. The summed E-state index contributed by atoms with van der Waals surface area (Å²) in [4.78, 5) is 10.3. The second kappa shape index (κ2) is 3.72. The first-order valence-corrected chi connectivity index (χ1v) is 3.69. The van der Waals surface area contributed by atoms with Crippen molar-refractivity contribution in [2.24, 2.45) is 0 Å². The number of phenols is 1. The van der Waals surface area contributed by atoms with Crippen LogP contribution in [0.1, 0.15) is 22.8 Å². The van der Waals surface area contributed by atoms with Crippen LogP contribution in [0.5, 0.6) is 5.75 Å². The van der Waals surface area contributed by atoms with E-state index in [0.29, 0.717) is 11.8 Å². The first kappa shape index (κ1) is 8.53. The number of carbonyl (C=O) groups is 1. The Balaban J connectivity index is 3.11. The van der Waals surface area contributed by atoms with Crippen LogP contribution in [0.4, 0.5) is 0 Å². The van der Waals surface area contributed by atoms with Gasteiger partial charge in [-0.05, 0) is 13.0 Å². The molecule has 0 aromatic heterocycles. The lowest BCUT2D eigenvalue weighted by molar-refractivity contribution is 0.112. The molecule has 0 spiro atoms. The Bertz CT molecular complexity index is 314. The number of phenolic OH excluding ortho intramolecular Hbond substituents is 1. The van der Waals surface area contributed by atoms with Crippen LogP contribution in [0.2, 0.25) is 0 Å². The van der Waals surface area contributed by atoms with Crippen molar-refractivity contribution in [2.75, 3.05) is 0 Å². The molecule has 2 nitrogen and oxygen atoms in total. The van der Waals surface area contributed by atoms with E-state index in [1.54, 1.807) is 18.2 Å². The van der Waals surface area contributed by atoms with Crippen LogP contribution in [-0.2, 0) is 0 Å².